The Morgan fingerprint density at radius 2 is 2.36 bits per heavy atom. The molecule has 0 radical (unpaired) electrons. The molecule has 0 aromatic carbocycles. The largest absolute Gasteiger partial charge is 0.444 e. The Bertz CT molecular complexity index is 688. The summed E-state index contributed by atoms with van der Waals surface area (Å²) in [5.41, 5.74) is 0.732. The van der Waals surface area contributed by atoms with Crippen LogP contribution in [-0.4, -0.2) is 58.4 Å². The maximum absolute atomic E-state index is 12.2. The molecular weight excluding hydrogens is 318 g/mol. The lowest BCUT2D eigenvalue weighted by Crippen LogP contribution is -2.36. The molecule has 0 bridgehead atoms. The molecule has 7 heteroatoms. The molecule has 3 rings (SSSR count). The first kappa shape index (κ1) is 17.6. The number of carbonyl (C=O) groups is 1. The van der Waals surface area contributed by atoms with Gasteiger partial charge in [0, 0.05) is 31.7 Å². The molecule has 1 aliphatic heterocycles. The molecule has 2 aromatic heterocycles. The maximum Gasteiger partial charge on any atom is 0.238 e. The van der Waals surface area contributed by atoms with Gasteiger partial charge in [-0.05, 0) is 25.6 Å². The normalized spacial score (nSPS) is 18.0. The Morgan fingerprint density at radius 1 is 1.48 bits per heavy atom. The van der Waals surface area contributed by atoms with Crippen molar-refractivity contribution in [1.29, 1.82) is 0 Å². The zero-order chi connectivity index (χ0) is 17.6. The average Bonchev–Trinajstić information content (AvgIpc) is 3.25. The fourth-order valence-electron chi connectivity index (χ4n) is 3.08. The molecule has 134 valence electrons. The third kappa shape index (κ3) is 4.87. The number of nitrogens with zero attached hydrogens (tertiary/aromatic N) is 4. The molecule has 0 aliphatic carbocycles. The maximum atomic E-state index is 12.2. The van der Waals surface area contributed by atoms with E-state index in [1.165, 1.54) is 0 Å². The summed E-state index contributed by atoms with van der Waals surface area (Å²) in [5.74, 6) is 1.67. The monoisotopic (exact) mass is 343 g/mol. The topological polar surface area (TPSA) is 74.5 Å². The number of oxazole rings is 1. The average molecular weight is 343 g/mol. The molecule has 1 atom stereocenters. The van der Waals surface area contributed by atoms with E-state index >= 15 is 0 Å². The van der Waals surface area contributed by atoms with Crippen molar-refractivity contribution in [3.8, 4) is 0 Å². The van der Waals surface area contributed by atoms with E-state index in [1.807, 2.05) is 12.1 Å². The predicted octanol–water partition coefficient (Wildman–Crippen LogP) is 1.78. The van der Waals surface area contributed by atoms with Gasteiger partial charge < -0.3 is 9.73 Å². The molecule has 25 heavy (non-hydrogen) atoms. The van der Waals surface area contributed by atoms with E-state index in [4.69, 9.17) is 4.42 Å². The van der Waals surface area contributed by atoms with Crippen molar-refractivity contribution in [1.82, 2.24) is 19.8 Å². The number of nitrogens with one attached hydrogen (secondary N) is 1. The van der Waals surface area contributed by atoms with E-state index in [0.717, 1.165) is 43.3 Å². The van der Waals surface area contributed by atoms with Gasteiger partial charge in [0.05, 0.1) is 31.2 Å². The highest BCUT2D eigenvalue weighted by Gasteiger charge is 2.27. The summed E-state index contributed by atoms with van der Waals surface area (Å²) in [7, 11) is 2.08. The third-order valence-electron chi connectivity index (χ3n) is 4.52. The summed E-state index contributed by atoms with van der Waals surface area (Å²) >= 11 is 0. The summed E-state index contributed by atoms with van der Waals surface area (Å²) in [6.45, 7) is 4.94. The number of hydrogen-bond donors (Lipinski definition) is 1. The molecule has 1 aliphatic rings. The van der Waals surface area contributed by atoms with Gasteiger partial charge in [0.1, 0.15) is 5.76 Å². The Labute approximate surface area is 148 Å². The van der Waals surface area contributed by atoms with Crippen molar-refractivity contribution < 1.29 is 9.21 Å². The quantitative estimate of drug-likeness (QED) is 0.826. The van der Waals surface area contributed by atoms with Crippen LogP contribution in [0.15, 0.2) is 35.1 Å². The van der Waals surface area contributed by atoms with Gasteiger partial charge in [0.25, 0.3) is 0 Å². The van der Waals surface area contributed by atoms with E-state index in [2.05, 4.69) is 39.1 Å². The second kappa shape index (κ2) is 8.22. The number of anilines is 1. The van der Waals surface area contributed by atoms with Gasteiger partial charge in [-0.3, -0.25) is 19.6 Å². The third-order valence-corrected chi connectivity index (χ3v) is 4.52. The van der Waals surface area contributed by atoms with Crippen molar-refractivity contribution >= 4 is 11.6 Å². The lowest BCUT2D eigenvalue weighted by Gasteiger charge is -2.23. The number of aryl methyl sites for hydroxylation is 1. The zero-order valence-corrected chi connectivity index (χ0v) is 14.8. The first-order valence-electron chi connectivity index (χ1n) is 8.70. The highest BCUT2D eigenvalue weighted by atomic mass is 16.4. The standard InChI is InChI=1S/C18H25N5O2/c1-3-16-10-20-18(25-16)13-22(2)15-6-8-23(11-15)12-17(24)21-14-5-4-7-19-9-14/h4-5,7,9-10,15H,3,6,8,11-13H2,1-2H3,(H,21,24). The van der Waals surface area contributed by atoms with Crippen molar-refractivity contribution in [2.24, 2.45) is 0 Å². The molecule has 1 amide bonds. The van der Waals surface area contributed by atoms with Crippen LogP contribution in [0.3, 0.4) is 0 Å². The van der Waals surface area contributed by atoms with E-state index in [9.17, 15) is 4.79 Å². The van der Waals surface area contributed by atoms with Crippen LogP contribution in [0.2, 0.25) is 0 Å². The molecule has 0 spiro atoms. The smallest absolute Gasteiger partial charge is 0.238 e. The molecular formula is C18H25N5O2. The van der Waals surface area contributed by atoms with Crippen LogP contribution in [0.5, 0.6) is 0 Å². The van der Waals surface area contributed by atoms with E-state index in [0.29, 0.717) is 19.1 Å². The second-order valence-electron chi connectivity index (χ2n) is 6.46. The van der Waals surface area contributed by atoms with Crippen molar-refractivity contribution in [3.05, 3.63) is 42.4 Å². The lowest BCUT2D eigenvalue weighted by molar-refractivity contribution is -0.117. The first-order chi connectivity index (χ1) is 12.1. The van der Waals surface area contributed by atoms with Gasteiger partial charge in [-0.2, -0.15) is 0 Å². The number of likely N-dealkylation sites (tertiary alicyclic amines) is 1. The number of carbonyl (C=O) groups excluding carboxylic acids is 1. The van der Waals surface area contributed by atoms with E-state index < -0.39 is 0 Å². The molecule has 0 saturated carbocycles. The van der Waals surface area contributed by atoms with E-state index in [-0.39, 0.29) is 5.91 Å². The van der Waals surface area contributed by atoms with Crippen LogP contribution < -0.4 is 5.32 Å². The number of amides is 1. The molecule has 1 N–H and O–H groups in total. The zero-order valence-electron chi connectivity index (χ0n) is 14.8. The van der Waals surface area contributed by atoms with Crippen molar-refractivity contribution in [2.45, 2.75) is 32.4 Å². The lowest BCUT2D eigenvalue weighted by atomic mass is 10.2. The molecule has 2 aromatic rings. The van der Waals surface area contributed by atoms with Crippen LogP contribution >= 0.6 is 0 Å². The minimum absolute atomic E-state index is 0.00316. The Balaban J connectivity index is 1.45. The van der Waals surface area contributed by atoms with Crippen molar-refractivity contribution in [3.63, 3.8) is 0 Å². The number of hydrogen-bond acceptors (Lipinski definition) is 6. The van der Waals surface area contributed by atoms with Crippen LogP contribution in [-0.2, 0) is 17.8 Å². The van der Waals surface area contributed by atoms with E-state index in [1.54, 1.807) is 18.6 Å². The fourth-order valence-corrected chi connectivity index (χ4v) is 3.08. The summed E-state index contributed by atoms with van der Waals surface area (Å²) in [6.07, 6.45) is 7.04. The van der Waals surface area contributed by atoms with Crippen LogP contribution in [0.1, 0.15) is 25.0 Å². The summed E-state index contributed by atoms with van der Waals surface area (Å²) in [5, 5.41) is 2.88. The van der Waals surface area contributed by atoms with Gasteiger partial charge >= 0.3 is 0 Å². The minimum atomic E-state index is -0.00316. The van der Waals surface area contributed by atoms with Crippen LogP contribution in [0.4, 0.5) is 5.69 Å². The van der Waals surface area contributed by atoms with Gasteiger partial charge in [-0.25, -0.2) is 4.98 Å². The predicted molar refractivity (Wildman–Crippen MR) is 95.1 cm³/mol. The molecule has 7 nitrogen and oxygen atoms in total. The SMILES string of the molecule is CCc1cnc(CN(C)C2CCN(CC(=O)Nc3cccnc3)C2)o1. The van der Waals surface area contributed by atoms with Gasteiger partial charge in [0.2, 0.25) is 11.8 Å². The summed E-state index contributed by atoms with van der Waals surface area (Å²) in [6, 6.07) is 4.05. The number of rotatable bonds is 7. The van der Waals surface area contributed by atoms with Crippen LogP contribution in [0, 0.1) is 0 Å². The van der Waals surface area contributed by atoms with Crippen LogP contribution in [0.25, 0.3) is 0 Å². The minimum Gasteiger partial charge on any atom is -0.444 e. The summed E-state index contributed by atoms with van der Waals surface area (Å²) in [4.78, 5) is 24.9. The highest BCUT2D eigenvalue weighted by Crippen LogP contribution is 2.17. The fraction of sp³-hybridized carbons (Fsp3) is 0.500. The molecule has 3 heterocycles. The second-order valence-corrected chi connectivity index (χ2v) is 6.46. The Kier molecular flexibility index (Phi) is 5.78. The van der Waals surface area contributed by atoms with Gasteiger partial charge in [0.15, 0.2) is 0 Å². The summed E-state index contributed by atoms with van der Waals surface area (Å²) < 4.78 is 5.68. The number of likely N-dealkylation sites (N-methyl/N-ethyl adjacent to an activating group) is 1. The number of pyridine rings is 1. The first-order valence-corrected chi connectivity index (χ1v) is 8.70. The van der Waals surface area contributed by atoms with Crippen molar-refractivity contribution in [2.75, 3.05) is 32.0 Å². The van der Waals surface area contributed by atoms with Gasteiger partial charge in [-0.1, -0.05) is 6.92 Å². The molecule has 1 saturated heterocycles. The number of aromatic nitrogens is 2. The Hall–Kier alpha value is -2.25. The Morgan fingerprint density at radius 3 is 3.08 bits per heavy atom. The van der Waals surface area contributed by atoms with Gasteiger partial charge in [-0.15, -0.1) is 0 Å². The molecule has 1 fully saturated rings. The molecule has 1 unspecified atom stereocenters. The highest BCUT2D eigenvalue weighted by molar-refractivity contribution is 5.92.